The standard InChI is InChI=1S/C31H33N5O4/c1-22-16-25(27-7-2-3-8-28(27)33-22)20-40-26-11-9-24(10-12-26)30(38)34-31(17-29(37)35-39)13-5-15-36(21-31)19-23-6-4-14-32-18-23/h2-4,6-12,14,16,18,39H,5,13,15,17,19-21H2,1H3,(H,34,38)(H,35,37). The van der Waals surface area contributed by atoms with Gasteiger partial charge in [0.1, 0.15) is 12.4 Å². The predicted octanol–water partition coefficient (Wildman–Crippen LogP) is 4.18. The van der Waals surface area contributed by atoms with E-state index in [1.165, 1.54) is 0 Å². The summed E-state index contributed by atoms with van der Waals surface area (Å²) < 4.78 is 6.05. The van der Waals surface area contributed by atoms with Gasteiger partial charge >= 0.3 is 0 Å². The zero-order valence-corrected chi connectivity index (χ0v) is 22.5. The molecule has 4 aromatic rings. The van der Waals surface area contributed by atoms with Crippen molar-refractivity contribution in [3.63, 3.8) is 0 Å². The number of rotatable bonds is 9. The SMILES string of the molecule is Cc1cc(COc2ccc(C(=O)NC3(CC(=O)NO)CCCN(Cc4cccnc4)C3)cc2)c2ccccc2n1. The second-order valence-electron chi connectivity index (χ2n) is 10.4. The first-order valence-electron chi connectivity index (χ1n) is 13.4. The fourth-order valence-electron chi connectivity index (χ4n) is 5.44. The lowest BCUT2D eigenvalue weighted by atomic mass is 9.84. The van der Waals surface area contributed by atoms with Crippen molar-refractivity contribution >= 4 is 22.7 Å². The van der Waals surface area contributed by atoms with Crippen LogP contribution in [-0.4, -0.2) is 50.5 Å². The molecule has 0 aliphatic carbocycles. The molecule has 1 fully saturated rings. The lowest BCUT2D eigenvalue weighted by Crippen LogP contribution is -2.60. The van der Waals surface area contributed by atoms with Gasteiger partial charge in [0.25, 0.3) is 5.91 Å². The number of pyridine rings is 2. The van der Waals surface area contributed by atoms with Crippen molar-refractivity contribution in [2.24, 2.45) is 0 Å². The van der Waals surface area contributed by atoms with Gasteiger partial charge in [-0.1, -0.05) is 24.3 Å². The van der Waals surface area contributed by atoms with Gasteiger partial charge in [-0.2, -0.15) is 0 Å². The Labute approximate surface area is 233 Å². The Morgan fingerprint density at radius 3 is 2.70 bits per heavy atom. The molecule has 206 valence electrons. The Bertz CT molecular complexity index is 1480. The number of hydroxylamine groups is 1. The molecule has 0 spiro atoms. The molecule has 9 heteroatoms. The molecule has 1 saturated heterocycles. The van der Waals surface area contributed by atoms with Crippen LogP contribution in [0.4, 0.5) is 0 Å². The fraction of sp³-hybridized carbons (Fsp3) is 0.290. The summed E-state index contributed by atoms with van der Waals surface area (Å²) in [5.74, 6) is -0.174. The lowest BCUT2D eigenvalue weighted by molar-refractivity contribution is -0.131. The fourth-order valence-corrected chi connectivity index (χ4v) is 5.44. The van der Waals surface area contributed by atoms with E-state index in [0.29, 0.717) is 37.4 Å². The second kappa shape index (κ2) is 12.2. The number of likely N-dealkylation sites (tertiary alicyclic amines) is 1. The highest BCUT2D eigenvalue weighted by Crippen LogP contribution is 2.27. The van der Waals surface area contributed by atoms with Crippen LogP contribution in [0.5, 0.6) is 5.75 Å². The molecular weight excluding hydrogens is 506 g/mol. The number of para-hydroxylation sites is 1. The minimum absolute atomic E-state index is 0.0285. The van der Waals surface area contributed by atoms with Crippen molar-refractivity contribution in [2.45, 2.75) is 44.9 Å². The van der Waals surface area contributed by atoms with Gasteiger partial charge in [0.2, 0.25) is 5.91 Å². The summed E-state index contributed by atoms with van der Waals surface area (Å²) in [5.41, 5.74) is 5.32. The third-order valence-electron chi connectivity index (χ3n) is 7.23. The summed E-state index contributed by atoms with van der Waals surface area (Å²) in [6.45, 7) is 4.31. The van der Waals surface area contributed by atoms with Gasteiger partial charge in [0, 0.05) is 47.7 Å². The number of amides is 2. The van der Waals surface area contributed by atoms with Gasteiger partial charge in [-0.25, -0.2) is 5.48 Å². The van der Waals surface area contributed by atoms with E-state index in [-0.39, 0.29) is 12.3 Å². The summed E-state index contributed by atoms with van der Waals surface area (Å²) in [7, 11) is 0. The van der Waals surface area contributed by atoms with Crippen LogP contribution in [0.3, 0.4) is 0 Å². The van der Waals surface area contributed by atoms with Gasteiger partial charge < -0.3 is 10.1 Å². The van der Waals surface area contributed by atoms with E-state index in [4.69, 9.17) is 4.74 Å². The molecule has 1 unspecified atom stereocenters. The number of fused-ring (bicyclic) bond motifs is 1. The Morgan fingerprint density at radius 1 is 1.10 bits per heavy atom. The van der Waals surface area contributed by atoms with E-state index < -0.39 is 11.4 Å². The maximum atomic E-state index is 13.3. The minimum atomic E-state index is -0.820. The summed E-state index contributed by atoms with van der Waals surface area (Å²) in [6.07, 6.45) is 4.94. The maximum Gasteiger partial charge on any atom is 0.251 e. The zero-order valence-electron chi connectivity index (χ0n) is 22.5. The van der Waals surface area contributed by atoms with Crippen LogP contribution >= 0.6 is 0 Å². The van der Waals surface area contributed by atoms with E-state index in [1.54, 1.807) is 35.9 Å². The third kappa shape index (κ3) is 6.62. The molecule has 5 rings (SSSR count). The van der Waals surface area contributed by atoms with Gasteiger partial charge in [0.15, 0.2) is 0 Å². The molecule has 2 aromatic carbocycles. The molecule has 1 atom stereocenters. The average Bonchev–Trinajstić information content (AvgIpc) is 2.96. The first kappa shape index (κ1) is 27.2. The molecule has 0 saturated carbocycles. The highest BCUT2D eigenvalue weighted by molar-refractivity contribution is 5.95. The normalized spacial score (nSPS) is 17.4. The highest BCUT2D eigenvalue weighted by atomic mass is 16.5. The van der Waals surface area contributed by atoms with Gasteiger partial charge in [-0.15, -0.1) is 0 Å². The summed E-state index contributed by atoms with van der Waals surface area (Å²) >= 11 is 0. The van der Waals surface area contributed by atoms with E-state index in [0.717, 1.165) is 40.7 Å². The first-order chi connectivity index (χ1) is 19.4. The largest absolute Gasteiger partial charge is 0.489 e. The third-order valence-corrected chi connectivity index (χ3v) is 7.23. The molecule has 3 N–H and O–H groups in total. The van der Waals surface area contributed by atoms with Crippen LogP contribution in [0.25, 0.3) is 10.9 Å². The molecule has 1 aliphatic rings. The van der Waals surface area contributed by atoms with E-state index in [2.05, 4.69) is 20.2 Å². The van der Waals surface area contributed by atoms with Crippen LogP contribution in [0.1, 0.15) is 46.4 Å². The number of carbonyl (C=O) groups excluding carboxylic acids is 2. The molecule has 40 heavy (non-hydrogen) atoms. The number of carbonyl (C=O) groups is 2. The number of benzene rings is 2. The van der Waals surface area contributed by atoms with Crippen molar-refractivity contribution in [1.29, 1.82) is 0 Å². The van der Waals surface area contributed by atoms with E-state index >= 15 is 0 Å². The van der Waals surface area contributed by atoms with E-state index in [9.17, 15) is 14.8 Å². The first-order valence-corrected chi connectivity index (χ1v) is 13.4. The monoisotopic (exact) mass is 539 g/mol. The Hall–Kier alpha value is -4.34. The van der Waals surface area contributed by atoms with Crippen molar-refractivity contribution in [3.8, 4) is 5.75 Å². The van der Waals surface area contributed by atoms with Crippen molar-refractivity contribution in [3.05, 3.63) is 102 Å². The highest BCUT2D eigenvalue weighted by Gasteiger charge is 2.39. The number of ether oxygens (including phenoxy) is 1. The predicted molar refractivity (Wildman–Crippen MR) is 151 cm³/mol. The second-order valence-corrected chi connectivity index (χ2v) is 10.4. The van der Waals surface area contributed by atoms with Crippen LogP contribution < -0.4 is 15.5 Å². The number of aromatic nitrogens is 2. The number of nitrogens with one attached hydrogen (secondary N) is 2. The summed E-state index contributed by atoms with van der Waals surface area (Å²) in [4.78, 5) is 36.6. The summed E-state index contributed by atoms with van der Waals surface area (Å²) in [5, 5.41) is 13.4. The van der Waals surface area contributed by atoms with Crippen LogP contribution in [0.2, 0.25) is 0 Å². The molecule has 3 heterocycles. The lowest BCUT2D eigenvalue weighted by Gasteiger charge is -2.43. The van der Waals surface area contributed by atoms with Gasteiger partial charge in [-0.05, 0) is 74.3 Å². The molecular formula is C31H33N5O4. The topological polar surface area (TPSA) is 117 Å². The number of hydrogen-bond acceptors (Lipinski definition) is 7. The molecule has 0 radical (unpaired) electrons. The number of nitrogens with zero attached hydrogens (tertiary/aromatic N) is 3. The molecule has 1 aliphatic heterocycles. The minimum Gasteiger partial charge on any atom is -0.489 e. The van der Waals surface area contributed by atoms with Crippen molar-refractivity contribution < 1.29 is 19.5 Å². The molecule has 9 nitrogen and oxygen atoms in total. The smallest absolute Gasteiger partial charge is 0.251 e. The summed E-state index contributed by atoms with van der Waals surface area (Å²) in [6, 6.07) is 20.9. The van der Waals surface area contributed by atoms with Crippen LogP contribution in [-0.2, 0) is 17.9 Å². The Morgan fingerprint density at radius 2 is 1.93 bits per heavy atom. The van der Waals surface area contributed by atoms with Crippen molar-refractivity contribution in [1.82, 2.24) is 25.7 Å². The molecule has 0 bridgehead atoms. The number of hydrogen-bond donors (Lipinski definition) is 3. The van der Waals surface area contributed by atoms with Gasteiger partial charge in [-0.3, -0.25) is 29.7 Å². The maximum absolute atomic E-state index is 13.3. The molecule has 2 aromatic heterocycles. The molecule has 2 amide bonds. The average molecular weight is 540 g/mol. The van der Waals surface area contributed by atoms with Crippen LogP contribution in [0.15, 0.2) is 79.1 Å². The Balaban J connectivity index is 1.26. The quantitative estimate of drug-likeness (QED) is 0.216. The number of aryl methyl sites for hydroxylation is 1. The zero-order chi connectivity index (χ0) is 28.0. The Kier molecular flexibility index (Phi) is 8.33. The van der Waals surface area contributed by atoms with Crippen molar-refractivity contribution in [2.75, 3.05) is 13.1 Å². The van der Waals surface area contributed by atoms with E-state index in [1.807, 2.05) is 55.6 Å². The van der Waals surface area contributed by atoms with Crippen LogP contribution in [0, 0.1) is 6.92 Å². The number of piperidine rings is 1. The van der Waals surface area contributed by atoms with Gasteiger partial charge in [0.05, 0.1) is 17.5 Å².